The molecule has 0 bridgehead atoms. The summed E-state index contributed by atoms with van der Waals surface area (Å²) in [4.78, 5) is 162. The van der Waals surface area contributed by atoms with Gasteiger partial charge in [0.15, 0.2) is 11.6 Å². The van der Waals surface area contributed by atoms with Crippen molar-refractivity contribution in [1.82, 2.24) is 37.2 Å². The average molecular weight is 1050 g/mol. The van der Waals surface area contributed by atoms with E-state index in [-0.39, 0.29) is 64.7 Å². The second-order valence-corrected chi connectivity index (χ2v) is 16.6. The number of carbonyl (C=O) groups is 13. The number of ketones is 2. The SMILES string of the molecule is [N-]=[N+]=NCCC(=O)N[C@@H](CCCCN)C(=O)CC[C@H](NC(=O)[C@H](CC(=O)O)CC(=O)[C@H](CC(=O)O)NC(=O)Cc1ccc(CNC(=O)NCCCC[C@H](NC(=O)N[C@@H](CCC(=O)O)C(=O)O)C(=O)O)cc1)C(=O)O. The number of urea groups is 2. The van der Waals surface area contributed by atoms with E-state index >= 15 is 0 Å². The van der Waals surface area contributed by atoms with E-state index in [2.05, 4.69) is 41.9 Å². The molecule has 0 radical (unpaired) electrons. The molecule has 0 heterocycles. The van der Waals surface area contributed by atoms with Crippen molar-refractivity contribution in [3.8, 4) is 0 Å². The Kier molecular flexibility index (Phi) is 30.0. The van der Waals surface area contributed by atoms with Crippen LogP contribution in [0.1, 0.15) is 101 Å². The van der Waals surface area contributed by atoms with Crippen LogP contribution in [0.4, 0.5) is 9.59 Å². The maximum Gasteiger partial charge on any atom is 0.326 e. The van der Waals surface area contributed by atoms with Crippen LogP contribution in [0.2, 0.25) is 0 Å². The van der Waals surface area contributed by atoms with Gasteiger partial charge in [0.2, 0.25) is 17.7 Å². The Hall–Kier alpha value is -8.40. The highest BCUT2D eigenvalue weighted by atomic mass is 16.4. The molecule has 0 unspecified atom stereocenters. The van der Waals surface area contributed by atoms with Crippen LogP contribution in [0, 0.1) is 5.92 Å². The molecule has 30 nitrogen and oxygen atoms in total. The van der Waals surface area contributed by atoms with Crippen LogP contribution in [0.5, 0.6) is 0 Å². The quantitative estimate of drug-likeness (QED) is 0.0171. The van der Waals surface area contributed by atoms with Gasteiger partial charge in [-0.05, 0) is 74.6 Å². The molecule has 0 fully saturated rings. The first-order valence-electron chi connectivity index (χ1n) is 23.1. The Morgan fingerprint density at radius 1 is 0.527 bits per heavy atom. The number of hydrogen-bond donors (Lipinski definition) is 14. The van der Waals surface area contributed by atoms with Gasteiger partial charge < -0.3 is 73.6 Å². The van der Waals surface area contributed by atoms with Gasteiger partial charge in [0.25, 0.3) is 0 Å². The minimum absolute atomic E-state index is 0.00578. The van der Waals surface area contributed by atoms with Gasteiger partial charge in [0.05, 0.1) is 37.3 Å². The number of amides is 7. The fourth-order valence-corrected chi connectivity index (χ4v) is 6.82. The number of nitrogens with two attached hydrogens (primary N) is 1. The van der Waals surface area contributed by atoms with E-state index in [1.54, 1.807) is 12.1 Å². The van der Waals surface area contributed by atoms with Gasteiger partial charge in [0.1, 0.15) is 18.1 Å². The van der Waals surface area contributed by atoms with Crippen LogP contribution in [-0.2, 0) is 65.7 Å². The van der Waals surface area contributed by atoms with Gasteiger partial charge in [-0.2, -0.15) is 0 Å². The zero-order chi connectivity index (χ0) is 55.8. The van der Waals surface area contributed by atoms with E-state index in [0.717, 1.165) is 0 Å². The molecule has 1 aromatic rings. The van der Waals surface area contributed by atoms with Gasteiger partial charge in [-0.25, -0.2) is 24.0 Å². The highest BCUT2D eigenvalue weighted by Crippen LogP contribution is 2.16. The smallest absolute Gasteiger partial charge is 0.326 e. The second-order valence-electron chi connectivity index (χ2n) is 16.6. The Morgan fingerprint density at radius 3 is 1.64 bits per heavy atom. The van der Waals surface area contributed by atoms with Crippen LogP contribution in [0.25, 0.3) is 10.4 Å². The van der Waals surface area contributed by atoms with E-state index in [1.165, 1.54) is 12.1 Å². The minimum atomic E-state index is -1.78. The van der Waals surface area contributed by atoms with E-state index in [9.17, 15) is 87.9 Å². The summed E-state index contributed by atoms with van der Waals surface area (Å²) >= 11 is 0. The number of rotatable bonds is 39. The van der Waals surface area contributed by atoms with Crippen LogP contribution in [0.15, 0.2) is 29.4 Å². The van der Waals surface area contributed by atoms with Crippen LogP contribution < -0.4 is 43.0 Å². The van der Waals surface area contributed by atoms with Crippen LogP contribution in [0.3, 0.4) is 0 Å². The van der Waals surface area contributed by atoms with E-state index < -0.39 is 158 Å². The van der Waals surface area contributed by atoms with Crippen molar-refractivity contribution in [3.05, 3.63) is 45.8 Å². The van der Waals surface area contributed by atoms with Crippen LogP contribution in [-0.4, -0.2) is 158 Å². The molecule has 1 aromatic carbocycles. The van der Waals surface area contributed by atoms with Gasteiger partial charge >= 0.3 is 47.9 Å². The van der Waals surface area contributed by atoms with Crippen molar-refractivity contribution in [3.63, 3.8) is 0 Å². The Balaban J connectivity index is 2.81. The van der Waals surface area contributed by atoms with E-state index in [1.807, 2.05) is 5.32 Å². The monoisotopic (exact) mass is 1050 g/mol. The van der Waals surface area contributed by atoms with Gasteiger partial charge in [-0.3, -0.25) is 38.4 Å². The number of carbonyl (C=O) groups excluding carboxylic acids is 7. The zero-order valence-corrected chi connectivity index (χ0v) is 40.1. The lowest BCUT2D eigenvalue weighted by molar-refractivity contribution is -0.146. The molecule has 1 rings (SSSR count). The van der Waals surface area contributed by atoms with Crippen molar-refractivity contribution in [2.75, 3.05) is 19.6 Å². The molecule has 6 atom stereocenters. The molecule has 0 aliphatic rings. The number of hydrogen-bond acceptors (Lipinski definition) is 15. The maximum absolute atomic E-state index is 13.4. The topological polar surface area (TPSA) is 502 Å². The lowest BCUT2D eigenvalue weighted by Crippen LogP contribution is -2.51. The minimum Gasteiger partial charge on any atom is -0.481 e. The van der Waals surface area contributed by atoms with Crippen molar-refractivity contribution >= 4 is 77.2 Å². The average Bonchev–Trinajstić information content (AvgIpc) is 3.31. The number of benzene rings is 1. The molecule has 30 heteroatoms. The number of nitrogens with one attached hydrogen (secondary N) is 7. The van der Waals surface area contributed by atoms with Gasteiger partial charge in [0, 0.05) is 50.2 Å². The first kappa shape index (κ1) is 63.6. The Bertz CT molecular complexity index is 2200. The number of aliphatic carboxylic acids is 6. The molecule has 7 amide bonds. The normalized spacial score (nSPS) is 13.0. The molecule has 0 spiro atoms. The summed E-state index contributed by atoms with van der Waals surface area (Å²) in [6.45, 7) is 0.202. The lowest BCUT2D eigenvalue weighted by atomic mass is 9.92. The summed E-state index contributed by atoms with van der Waals surface area (Å²) in [6, 6.07) is -3.21. The first-order chi connectivity index (χ1) is 34.9. The predicted octanol–water partition coefficient (Wildman–Crippen LogP) is -0.489. The fraction of sp³-hybridized carbons (Fsp3) is 0.568. The number of carboxylic acids is 6. The summed E-state index contributed by atoms with van der Waals surface area (Å²) in [5.74, 6) is -15.1. The summed E-state index contributed by atoms with van der Waals surface area (Å²) in [7, 11) is 0. The molecular formula is C44H63N11O19. The highest BCUT2D eigenvalue weighted by Gasteiger charge is 2.33. The van der Waals surface area contributed by atoms with Crippen molar-refractivity contribution < 1.29 is 93.0 Å². The van der Waals surface area contributed by atoms with Crippen molar-refractivity contribution in [1.29, 1.82) is 0 Å². The Labute approximate surface area is 421 Å². The Morgan fingerprint density at radius 2 is 1.07 bits per heavy atom. The molecule has 74 heavy (non-hydrogen) atoms. The fourth-order valence-electron chi connectivity index (χ4n) is 6.82. The highest BCUT2D eigenvalue weighted by molar-refractivity contribution is 5.97. The molecule has 15 N–H and O–H groups in total. The van der Waals surface area contributed by atoms with Crippen molar-refractivity contribution in [2.24, 2.45) is 16.8 Å². The molecule has 408 valence electrons. The number of nitrogens with zero attached hydrogens (tertiary/aromatic N) is 3. The molecule has 0 saturated carbocycles. The number of unbranched alkanes of at least 4 members (excludes halogenated alkanes) is 2. The van der Waals surface area contributed by atoms with E-state index in [0.29, 0.717) is 24.0 Å². The van der Waals surface area contributed by atoms with Gasteiger partial charge in [-0.1, -0.05) is 29.4 Å². The van der Waals surface area contributed by atoms with E-state index in [4.69, 9.17) is 16.4 Å². The third-order valence-electron chi connectivity index (χ3n) is 10.7. The van der Waals surface area contributed by atoms with Gasteiger partial charge in [-0.15, -0.1) is 0 Å². The number of Topliss-reactive ketones (excluding diaryl/α,β-unsaturated/α-hetero) is 2. The molecule has 0 aliphatic heterocycles. The summed E-state index contributed by atoms with van der Waals surface area (Å²) < 4.78 is 0. The molecule has 0 aromatic heterocycles. The largest absolute Gasteiger partial charge is 0.481 e. The third kappa shape index (κ3) is 27.8. The number of azide groups is 1. The summed E-state index contributed by atoms with van der Waals surface area (Å²) in [5, 5.41) is 75.7. The second kappa shape index (κ2) is 34.8. The number of carboxylic acid groups (broad SMARTS) is 6. The molecular weight excluding hydrogens is 987 g/mol. The maximum atomic E-state index is 13.4. The van der Waals surface area contributed by atoms with Crippen LogP contribution >= 0.6 is 0 Å². The third-order valence-corrected chi connectivity index (χ3v) is 10.7. The zero-order valence-electron chi connectivity index (χ0n) is 40.1. The summed E-state index contributed by atoms with van der Waals surface area (Å²) in [5.41, 5.74) is 14.9. The first-order valence-corrected chi connectivity index (χ1v) is 23.1. The molecule has 0 aliphatic carbocycles. The molecule has 0 saturated heterocycles. The lowest BCUT2D eigenvalue weighted by Gasteiger charge is -2.22. The predicted molar refractivity (Wildman–Crippen MR) is 252 cm³/mol. The summed E-state index contributed by atoms with van der Waals surface area (Å²) in [6.07, 6.45) is -4.09. The van der Waals surface area contributed by atoms with Crippen molar-refractivity contribution in [2.45, 2.75) is 133 Å². The standard InChI is InChI=1S/C44H63N11O19/c45-16-3-1-5-27(50-34(58)15-18-49-55-46)32(56)13-11-29(41(69)70)52-39(66)26(21-37(62)63)20-33(57)31(22-38(64)65)51-35(59)19-24-7-9-25(10-8-24)23-48-43(73)47-17-4-2-6-28(40(67)68)53-44(74)54-30(42(71)72)12-14-36(60)61/h7-10,26-31H,1-6,11-23,45H2,(H,50,58)(H,51,59)(H,52,66)(H,60,61)(H,62,63)(H,64,65)(H,67,68)(H,69,70)(H,71,72)(H2,47,48,73)(H2,53,54,74)/t26-,27-,28-,29-,30-,31-/m0/s1.